The van der Waals surface area contributed by atoms with Gasteiger partial charge in [0, 0.05) is 0 Å². The van der Waals surface area contributed by atoms with Crippen LogP contribution >= 0.6 is 0 Å². The summed E-state index contributed by atoms with van der Waals surface area (Å²) in [5, 5.41) is 0. The van der Waals surface area contributed by atoms with Gasteiger partial charge in [-0.25, -0.2) is 0 Å². The topological polar surface area (TPSA) is 0 Å². The smallest absolute Gasteiger partial charge is 0.0155 e. The molecule has 2 rings (SSSR count). The summed E-state index contributed by atoms with van der Waals surface area (Å²) in [6.07, 6.45) is 4.72. The lowest BCUT2D eigenvalue weighted by Crippen LogP contribution is -1.88. The summed E-state index contributed by atoms with van der Waals surface area (Å²) < 4.78 is 0. The summed E-state index contributed by atoms with van der Waals surface area (Å²) in [4.78, 5) is 0. The maximum atomic E-state index is 3.86. The largest absolute Gasteiger partial charge is 0.0984 e. The van der Waals surface area contributed by atoms with Crippen molar-refractivity contribution >= 4 is 6.08 Å². The van der Waals surface area contributed by atoms with Crippen molar-refractivity contribution in [3.63, 3.8) is 0 Å². The Bertz CT molecular complexity index is 306. The summed E-state index contributed by atoms with van der Waals surface area (Å²) in [6, 6.07) is 6.54. The molecule has 0 aromatic heterocycles. The van der Waals surface area contributed by atoms with E-state index in [1.54, 1.807) is 0 Å². The van der Waals surface area contributed by atoms with Gasteiger partial charge in [-0.05, 0) is 42.4 Å². The highest BCUT2D eigenvalue weighted by Crippen LogP contribution is 2.42. The van der Waals surface area contributed by atoms with E-state index in [4.69, 9.17) is 0 Å². The fraction of sp³-hybridized carbons (Fsp3) is 0.500. The second kappa shape index (κ2) is 8.15. The minimum Gasteiger partial charge on any atom is -0.0984 e. The van der Waals surface area contributed by atoms with Crippen LogP contribution in [0, 0.1) is 6.92 Å². The summed E-state index contributed by atoms with van der Waals surface area (Å²) in [5.41, 5.74) is 4.22. The molecular weight excluding hydrogens is 192 g/mol. The van der Waals surface area contributed by atoms with Gasteiger partial charge in [0.25, 0.3) is 0 Å². The van der Waals surface area contributed by atoms with E-state index in [0.29, 0.717) is 0 Å². The number of hydrogen-bond donors (Lipinski definition) is 0. The van der Waals surface area contributed by atoms with Crippen LogP contribution in [0.15, 0.2) is 24.8 Å². The maximum Gasteiger partial charge on any atom is -0.0155 e. The van der Waals surface area contributed by atoms with Crippen molar-refractivity contribution in [1.29, 1.82) is 0 Å². The molecule has 0 heteroatoms. The van der Waals surface area contributed by atoms with Crippen LogP contribution in [0.25, 0.3) is 6.08 Å². The SMILES string of the molecule is C=Cc1c(C)cccc1C1CC1.CC.CC. The highest BCUT2D eigenvalue weighted by atomic mass is 14.3. The van der Waals surface area contributed by atoms with Gasteiger partial charge in [-0.1, -0.05) is 58.5 Å². The standard InChI is InChI=1S/C12H14.2C2H6/c1-3-11-9(2)5-4-6-12(11)10-7-8-10;2*1-2/h3-6,10H,1,7-8H2,2H3;2*1-2H3. The number of benzene rings is 1. The fourth-order valence-corrected chi connectivity index (χ4v) is 1.73. The van der Waals surface area contributed by atoms with Gasteiger partial charge in [0.15, 0.2) is 0 Å². The van der Waals surface area contributed by atoms with Crippen LogP contribution in [-0.4, -0.2) is 0 Å². The summed E-state index contributed by atoms with van der Waals surface area (Å²) in [6.45, 7) is 14.0. The third-order valence-corrected chi connectivity index (χ3v) is 2.58. The van der Waals surface area contributed by atoms with Crippen molar-refractivity contribution < 1.29 is 0 Å². The van der Waals surface area contributed by atoms with E-state index in [2.05, 4.69) is 31.7 Å². The van der Waals surface area contributed by atoms with Crippen LogP contribution in [0.3, 0.4) is 0 Å². The zero-order valence-corrected chi connectivity index (χ0v) is 11.5. The summed E-state index contributed by atoms with van der Waals surface area (Å²) in [7, 11) is 0. The van der Waals surface area contributed by atoms with Crippen molar-refractivity contribution in [2.45, 2.75) is 53.4 Å². The van der Waals surface area contributed by atoms with Gasteiger partial charge in [0.2, 0.25) is 0 Å². The molecule has 0 heterocycles. The zero-order chi connectivity index (χ0) is 12.6. The predicted molar refractivity (Wildman–Crippen MR) is 75.9 cm³/mol. The van der Waals surface area contributed by atoms with Gasteiger partial charge in [-0.15, -0.1) is 0 Å². The minimum absolute atomic E-state index is 0.831. The molecule has 0 bridgehead atoms. The summed E-state index contributed by atoms with van der Waals surface area (Å²) >= 11 is 0. The van der Waals surface area contributed by atoms with Crippen molar-refractivity contribution in [3.05, 3.63) is 41.5 Å². The highest BCUT2D eigenvalue weighted by molar-refractivity contribution is 5.57. The van der Waals surface area contributed by atoms with E-state index < -0.39 is 0 Å². The van der Waals surface area contributed by atoms with Crippen molar-refractivity contribution in [2.24, 2.45) is 0 Å². The Labute approximate surface area is 101 Å². The van der Waals surface area contributed by atoms with Gasteiger partial charge < -0.3 is 0 Å². The van der Waals surface area contributed by atoms with E-state index >= 15 is 0 Å². The molecule has 0 aliphatic heterocycles. The molecule has 0 N–H and O–H groups in total. The molecule has 0 spiro atoms. The maximum absolute atomic E-state index is 3.86. The molecule has 1 aliphatic rings. The third kappa shape index (κ3) is 3.84. The minimum atomic E-state index is 0.831. The second-order valence-electron chi connectivity index (χ2n) is 3.56. The zero-order valence-electron chi connectivity index (χ0n) is 11.5. The Morgan fingerprint density at radius 1 is 1.12 bits per heavy atom. The van der Waals surface area contributed by atoms with Gasteiger partial charge in [0.05, 0.1) is 0 Å². The average molecular weight is 218 g/mol. The van der Waals surface area contributed by atoms with Crippen LogP contribution in [0.5, 0.6) is 0 Å². The van der Waals surface area contributed by atoms with Crippen LogP contribution in [0.1, 0.15) is 63.1 Å². The van der Waals surface area contributed by atoms with E-state index in [9.17, 15) is 0 Å². The number of hydrogen-bond acceptors (Lipinski definition) is 0. The molecule has 0 atom stereocenters. The molecule has 1 aromatic carbocycles. The van der Waals surface area contributed by atoms with E-state index in [1.165, 1.54) is 29.5 Å². The van der Waals surface area contributed by atoms with Gasteiger partial charge in [-0.2, -0.15) is 0 Å². The fourth-order valence-electron chi connectivity index (χ4n) is 1.73. The lowest BCUT2D eigenvalue weighted by atomic mass is 9.99. The Morgan fingerprint density at radius 3 is 2.12 bits per heavy atom. The normalized spacial score (nSPS) is 12.8. The Morgan fingerprint density at radius 2 is 1.69 bits per heavy atom. The molecule has 0 nitrogen and oxygen atoms in total. The molecular formula is C16H26. The average Bonchev–Trinajstić information content (AvgIpc) is 3.18. The lowest BCUT2D eigenvalue weighted by molar-refractivity contribution is 1.11. The van der Waals surface area contributed by atoms with Crippen LogP contribution in [0.4, 0.5) is 0 Å². The Balaban J connectivity index is 0.000000509. The third-order valence-electron chi connectivity index (χ3n) is 2.58. The van der Waals surface area contributed by atoms with Gasteiger partial charge in [0.1, 0.15) is 0 Å². The van der Waals surface area contributed by atoms with Crippen LogP contribution in [-0.2, 0) is 0 Å². The first-order valence-electron chi connectivity index (χ1n) is 6.55. The lowest BCUT2D eigenvalue weighted by Gasteiger charge is -2.06. The van der Waals surface area contributed by atoms with E-state index in [0.717, 1.165) is 5.92 Å². The molecule has 90 valence electrons. The molecule has 1 aromatic rings. The Kier molecular flexibility index (Phi) is 7.62. The molecule has 1 aliphatic carbocycles. The van der Waals surface area contributed by atoms with Crippen molar-refractivity contribution in [1.82, 2.24) is 0 Å². The summed E-state index contributed by atoms with van der Waals surface area (Å²) in [5.74, 6) is 0.831. The monoisotopic (exact) mass is 218 g/mol. The predicted octanol–water partition coefficient (Wildman–Crippen LogP) is 5.57. The Hall–Kier alpha value is -1.04. The first kappa shape index (κ1) is 15.0. The number of aryl methyl sites for hydroxylation is 1. The first-order valence-corrected chi connectivity index (χ1v) is 6.55. The first-order chi connectivity index (χ1) is 7.83. The molecule has 0 amide bonds. The van der Waals surface area contributed by atoms with Crippen LogP contribution in [0.2, 0.25) is 0 Å². The highest BCUT2D eigenvalue weighted by Gasteiger charge is 2.25. The van der Waals surface area contributed by atoms with Crippen molar-refractivity contribution in [3.8, 4) is 0 Å². The molecule has 1 saturated carbocycles. The molecule has 16 heavy (non-hydrogen) atoms. The van der Waals surface area contributed by atoms with Gasteiger partial charge >= 0.3 is 0 Å². The molecule has 0 unspecified atom stereocenters. The number of rotatable bonds is 2. The van der Waals surface area contributed by atoms with Crippen molar-refractivity contribution in [2.75, 3.05) is 0 Å². The quantitative estimate of drug-likeness (QED) is 0.609. The van der Waals surface area contributed by atoms with E-state index in [1.807, 2.05) is 33.8 Å². The van der Waals surface area contributed by atoms with Crippen LogP contribution < -0.4 is 0 Å². The second-order valence-corrected chi connectivity index (χ2v) is 3.56. The molecule has 1 fully saturated rings. The van der Waals surface area contributed by atoms with Gasteiger partial charge in [-0.3, -0.25) is 0 Å². The molecule has 0 radical (unpaired) electrons. The molecule has 0 saturated heterocycles. The van der Waals surface area contributed by atoms with E-state index in [-0.39, 0.29) is 0 Å².